The van der Waals surface area contributed by atoms with Crippen molar-refractivity contribution in [3.63, 3.8) is 0 Å². The Morgan fingerprint density at radius 2 is 2.08 bits per heavy atom. The van der Waals surface area contributed by atoms with Gasteiger partial charge < -0.3 is 15.8 Å². The number of anilines is 1. The van der Waals surface area contributed by atoms with E-state index in [0.717, 1.165) is 5.56 Å². The molecule has 4 N–H and O–H groups in total. The molecule has 1 aromatic carbocycles. The summed E-state index contributed by atoms with van der Waals surface area (Å²) in [5.74, 6) is 0. The van der Waals surface area contributed by atoms with E-state index >= 15 is 0 Å². The van der Waals surface area contributed by atoms with Crippen molar-refractivity contribution in [1.82, 2.24) is 0 Å². The van der Waals surface area contributed by atoms with Crippen LogP contribution in [0.15, 0.2) is 12.1 Å². The zero-order valence-corrected chi connectivity index (χ0v) is 7.15. The molecule has 0 amide bonds. The van der Waals surface area contributed by atoms with Gasteiger partial charge in [-0.25, -0.2) is 0 Å². The standard InChI is InChI=1S/C8H9BN2O2/c1-5-2-6(4-10)8(11)7(3-5)9(12)13/h2-3,12-13H,11H2,1H3. The Balaban J connectivity index is 3.38. The molecule has 0 spiro atoms. The van der Waals surface area contributed by atoms with Crippen LogP contribution in [0.1, 0.15) is 11.1 Å². The molecule has 66 valence electrons. The molecule has 0 radical (unpaired) electrons. The van der Waals surface area contributed by atoms with Crippen molar-refractivity contribution in [1.29, 1.82) is 5.26 Å². The van der Waals surface area contributed by atoms with Crippen molar-refractivity contribution in [2.24, 2.45) is 0 Å². The fourth-order valence-corrected chi connectivity index (χ4v) is 1.13. The van der Waals surface area contributed by atoms with Crippen molar-refractivity contribution in [3.8, 4) is 6.07 Å². The number of aryl methyl sites for hydroxylation is 1. The summed E-state index contributed by atoms with van der Waals surface area (Å²) in [6.45, 7) is 1.76. The van der Waals surface area contributed by atoms with Gasteiger partial charge in [-0.15, -0.1) is 0 Å². The maximum absolute atomic E-state index is 8.92. The second-order valence-corrected chi connectivity index (χ2v) is 2.80. The molecule has 0 heterocycles. The summed E-state index contributed by atoms with van der Waals surface area (Å²) in [6, 6.07) is 5.03. The molecule has 1 rings (SSSR count). The van der Waals surface area contributed by atoms with Crippen LogP contribution in [0.25, 0.3) is 0 Å². The van der Waals surface area contributed by atoms with Crippen molar-refractivity contribution in [2.75, 3.05) is 5.73 Å². The van der Waals surface area contributed by atoms with Gasteiger partial charge in [-0.05, 0) is 13.0 Å². The number of nitrogens with two attached hydrogens (primary N) is 1. The fourth-order valence-electron chi connectivity index (χ4n) is 1.13. The number of rotatable bonds is 1. The summed E-state index contributed by atoms with van der Waals surface area (Å²) in [4.78, 5) is 0. The van der Waals surface area contributed by atoms with E-state index in [4.69, 9.17) is 21.0 Å². The second-order valence-electron chi connectivity index (χ2n) is 2.80. The van der Waals surface area contributed by atoms with Crippen LogP contribution in [0, 0.1) is 18.3 Å². The van der Waals surface area contributed by atoms with E-state index in [1.807, 2.05) is 6.07 Å². The number of hydrogen-bond donors (Lipinski definition) is 3. The van der Waals surface area contributed by atoms with E-state index in [0.29, 0.717) is 0 Å². The van der Waals surface area contributed by atoms with Crippen LogP contribution in [0.5, 0.6) is 0 Å². The molecule has 4 nitrogen and oxygen atoms in total. The summed E-state index contributed by atoms with van der Waals surface area (Å²) < 4.78 is 0. The quantitative estimate of drug-likeness (QED) is 0.383. The lowest BCUT2D eigenvalue weighted by atomic mass is 9.77. The topological polar surface area (TPSA) is 90.3 Å². The number of hydrogen-bond acceptors (Lipinski definition) is 4. The van der Waals surface area contributed by atoms with Gasteiger partial charge in [-0.2, -0.15) is 5.26 Å². The van der Waals surface area contributed by atoms with Gasteiger partial charge in [0, 0.05) is 11.2 Å². The minimum Gasteiger partial charge on any atom is -0.423 e. The molecule has 0 aliphatic rings. The van der Waals surface area contributed by atoms with E-state index in [1.54, 1.807) is 19.1 Å². The summed E-state index contributed by atoms with van der Waals surface area (Å²) in [7, 11) is -1.63. The molecule has 0 aliphatic carbocycles. The normalized spacial score (nSPS) is 9.38. The van der Waals surface area contributed by atoms with Gasteiger partial charge in [-0.3, -0.25) is 0 Å². The first-order valence-corrected chi connectivity index (χ1v) is 3.72. The first-order valence-electron chi connectivity index (χ1n) is 3.72. The highest BCUT2D eigenvalue weighted by molar-refractivity contribution is 6.60. The Morgan fingerprint density at radius 1 is 1.46 bits per heavy atom. The van der Waals surface area contributed by atoms with Crippen LogP contribution < -0.4 is 11.2 Å². The maximum atomic E-state index is 8.92. The smallest absolute Gasteiger partial charge is 0.423 e. The lowest BCUT2D eigenvalue weighted by Crippen LogP contribution is -2.33. The monoisotopic (exact) mass is 176 g/mol. The SMILES string of the molecule is Cc1cc(C#N)c(N)c(B(O)O)c1. The van der Waals surface area contributed by atoms with Gasteiger partial charge in [0.25, 0.3) is 0 Å². The Bertz CT molecular complexity index is 371. The third-order valence-electron chi connectivity index (χ3n) is 1.75. The highest BCUT2D eigenvalue weighted by atomic mass is 16.4. The van der Waals surface area contributed by atoms with Crippen molar-refractivity contribution < 1.29 is 10.0 Å². The average Bonchev–Trinajstić information content (AvgIpc) is 2.08. The summed E-state index contributed by atoms with van der Waals surface area (Å²) in [5, 5.41) is 26.5. The van der Waals surface area contributed by atoms with Gasteiger partial charge in [0.05, 0.1) is 5.56 Å². The van der Waals surface area contributed by atoms with Gasteiger partial charge >= 0.3 is 7.12 Å². The number of benzene rings is 1. The molecule has 0 aromatic heterocycles. The third kappa shape index (κ3) is 1.80. The zero-order valence-electron chi connectivity index (χ0n) is 7.15. The lowest BCUT2D eigenvalue weighted by molar-refractivity contribution is 0.426. The van der Waals surface area contributed by atoms with Crippen molar-refractivity contribution in [2.45, 2.75) is 6.92 Å². The molecular formula is C8H9BN2O2. The minimum atomic E-state index is -1.63. The number of nitrogen functional groups attached to an aromatic ring is 1. The molecule has 0 atom stereocenters. The predicted molar refractivity (Wildman–Crippen MR) is 50.1 cm³/mol. The van der Waals surface area contributed by atoms with E-state index < -0.39 is 7.12 Å². The Kier molecular flexibility index (Phi) is 2.56. The lowest BCUT2D eigenvalue weighted by Gasteiger charge is -2.07. The number of nitriles is 1. The van der Waals surface area contributed by atoms with Crippen LogP contribution >= 0.6 is 0 Å². The van der Waals surface area contributed by atoms with E-state index in [2.05, 4.69) is 0 Å². The van der Waals surface area contributed by atoms with Crippen LogP contribution in [-0.2, 0) is 0 Å². The average molecular weight is 176 g/mol. The van der Waals surface area contributed by atoms with Gasteiger partial charge in [0.15, 0.2) is 0 Å². The van der Waals surface area contributed by atoms with Crippen LogP contribution in [-0.4, -0.2) is 17.2 Å². The fraction of sp³-hybridized carbons (Fsp3) is 0.125. The largest absolute Gasteiger partial charge is 0.490 e. The molecule has 0 aliphatic heterocycles. The Labute approximate surface area is 76.4 Å². The molecule has 0 unspecified atom stereocenters. The van der Waals surface area contributed by atoms with Crippen LogP contribution in [0.4, 0.5) is 5.69 Å². The Morgan fingerprint density at radius 3 is 2.54 bits per heavy atom. The van der Waals surface area contributed by atoms with Gasteiger partial charge in [-0.1, -0.05) is 11.6 Å². The first kappa shape index (κ1) is 9.58. The molecule has 13 heavy (non-hydrogen) atoms. The van der Waals surface area contributed by atoms with Crippen LogP contribution in [0.2, 0.25) is 0 Å². The first-order chi connectivity index (χ1) is 6.06. The van der Waals surface area contributed by atoms with Crippen molar-refractivity contribution >= 4 is 18.3 Å². The van der Waals surface area contributed by atoms with Crippen molar-refractivity contribution in [3.05, 3.63) is 23.3 Å². The van der Waals surface area contributed by atoms with Gasteiger partial charge in [0.2, 0.25) is 0 Å². The summed E-state index contributed by atoms with van der Waals surface area (Å²) in [5.41, 5.74) is 6.87. The highest BCUT2D eigenvalue weighted by Crippen LogP contribution is 2.10. The molecule has 0 bridgehead atoms. The maximum Gasteiger partial charge on any atom is 0.490 e. The number of nitrogens with zero attached hydrogens (tertiary/aromatic N) is 1. The third-order valence-corrected chi connectivity index (χ3v) is 1.75. The molecule has 5 heteroatoms. The zero-order chi connectivity index (χ0) is 10.0. The molecule has 0 saturated carbocycles. The Hall–Kier alpha value is -1.51. The predicted octanol–water partition coefficient (Wildman–Crippen LogP) is -0.871. The molecule has 1 aromatic rings. The second kappa shape index (κ2) is 3.48. The van der Waals surface area contributed by atoms with E-state index in [-0.39, 0.29) is 16.7 Å². The van der Waals surface area contributed by atoms with E-state index in [1.165, 1.54) is 0 Å². The molecule has 0 saturated heterocycles. The molecule has 0 fully saturated rings. The molecular weight excluding hydrogens is 167 g/mol. The summed E-state index contributed by atoms with van der Waals surface area (Å²) in [6.07, 6.45) is 0. The summed E-state index contributed by atoms with van der Waals surface area (Å²) >= 11 is 0. The van der Waals surface area contributed by atoms with E-state index in [9.17, 15) is 0 Å². The highest BCUT2D eigenvalue weighted by Gasteiger charge is 2.17. The van der Waals surface area contributed by atoms with Gasteiger partial charge in [0.1, 0.15) is 6.07 Å². The van der Waals surface area contributed by atoms with Crippen LogP contribution in [0.3, 0.4) is 0 Å². The minimum absolute atomic E-state index is 0.128.